The molecule has 2 aromatic carbocycles. The van der Waals surface area contributed by atoms with Gasteiger partial charge < -0.3 is 19.5 Å². The summed E-state index contributed by atoms with van der Waals surface area (Å²) in [6, 6.07) is 16.3. The molecule has 0 radical (unpaired) electrons. The number of Topliss-reactive ketones (excluding diaryl/α,β-unsaturated/α-hetero) is 1. The van der Waals surface area contributed by atoms with Crippen LogP contribution in [0.15, 0.2) is 48.5 Å². The van der Waals surface area contributed by atoms with Crippen LogP contribution in [0.3, 0.4) is 0 Å². The molecule has 32 heavy (non-hydrogen) atoms. The van der Waals surface area contributed by atoms with Crippen LogP contribution in [0.1, 0.15) is 42.4 Å². The van der Waals surface area contributed by atoms with Gasteiger partial charge in [-0.2, -0.15) is 0 Å². The molecule has 170 valence electrons. The number of carbonyl (C=O) groups excluding carboxylic acids is 1. The van der Waals surface area contributed by atoms with Crippen LogP contribution in [0.2, 0.25) is 0 Å². The van der Waals surface area contributed by atoms with Crippen LogP contribution in [-0.4, -0.2) is 54.7 Å². The second-order valence-corrected chi connectivity index (χ2v) is 9.85. The van der Waals surface area contributed by atoms with Gasteiger partial charge in [-0.05, 0) is 68.1 Å². The number of carbonyl (C=O) groups is 1. The highest BCUT2D eigenvalue weighted by Crippen LogP contribution is 2.58. The number of rotatable bonds is 6. The number of ether oxygens (including phenoxy) is 2. The number of hydrogen-bond acceptors (Lipinski definition) is 5. The smallest absolute Gasteiger partial charge is 0.137 e. The summed E-state index contributed by atoms with van der Waals surface area (Å²) in [6.07, 6.45) is 3.16. The SMILES string of the molecule is COc1ccc2c(c1)C13CCN(C)[C@H](C2)[C@]1(O)C[C@H](CCOCc1ccccc1)C(=O)C3. The van der Waals surface area contributed by atoms with E-state index in [-0.39, 0.29) is 17.7 Å². The number of ketones is 1. The number of nitrogens with zero attached hydrogens (tertiary/aromatic N) is 1. The molecule has 1 saturated heterocycles. The van der Waals surface area contributed by atoms with E-state index in [1.165, 1.54) is 5.56 Å². The highest BCUT2D eigenvalue weighted by Gasteiger charge is 2.65. The van der Waals surface area contributed by atoms with Gasteiger partial charge in [0.2, 0.25) is 0 Å². The van der Waals surface area contributed by atoms with E-state index < -0.39 is 11.0 Å². The fraction of sp³-hybridized carbons (Fsp3) is 0.519. The number of aliphatic hydroxyl groups is 1. The van der Waals surface area contributed by atoms with E-state index in [0.29, 0.717) is 32.5 Å². The molecule has 4 atom stereocenters. The predicted molar refractivity (Wildman–Crippen MR) is 123 cm³/mol. The molecule has 0 spiro atoms. The maximum Gasteiger partial charge on any atom is 0.137 e. The van der Waals surface area contributed by atoms with Gasteiger partial charge in [-0.3, -0.25) is 4.79 Å². The first kappa shape index (κ1) is 21.6. The average molecular weight is 436 g/mol. The van der Waals surface area contributed by atoms with E-state index in [4.69, 9.17) is 9.47 Å². The van der Waals surface area contributed by atoms with Gasteiger partial charge in [0.15, 0.2) is 0 Å². The van der Waals surface area contributed by atoms with E-state index in [0.717, 1.165) is 36.3 Å². The minimum atomic E-state index is -0.919. The molecule has 5 heteroatoms. The minimum absolute atomic E-state index is 0.0259. The number of methoxy groups -OCH3 is 1. The molecule has 1 N–H and O–H groups in total. The van der Waals surface area contributed by atoms with Gasteiger partial charge in [-0.1, -0.05) is 36.4 Å². The largest absolute Gasteiger partial charge is 0.497 e. The Hall–Kier alpha value is -2.21. The Kier molecular flexibility index (Phi) is 5.60. The molecule has 2 aliphatic carbocycles. The minimum Gasteiger partial charge on any atom is -0.497 e. The van der Waals surface area contributed by atoms with Gasteiger partial charge in [0.25, 0.3) is 0 Å². The first-order valence-electron chi connectivity index (χ1n) is 11.7. The first-order chi connectivity index (χ1) is 15.5. The molecule has 2 aromatic rings. The maximum atomic E-state index is 13.4. The van der Waals surface area contributed by atoms with E-state index >= 15 is 0 Å². The van der Waals surface area contributed by atoms with Crippen LogP contribution in [0.25, 0.3) is 0 Å². The summed E-state index contributed by atoms with van der Waals surface area (Å²) < 4.78 is 11.4. The third kappa shape index (κ3) is 3.38. The van der Waals surface area contributed by atoms with Crippen LogP contribution >= 0.6 is 0 Å². The molecule has 2 bridgehead atoms. The van der Waals surface area contributed by atoms with Crippen molar-refractivity contribution in [3.63, 3.8) is 0 Å². The Morgan fingerprint density at radius 2 is 2.00 bits per heavy atom. The quantitative estimate of drug-likeness (QED) is 0.704. The summed E-state index contributed by atoms with van der Waals surface area (Å²) in [5.41, 5.74) is 2.05. The maximum absolute atomic E-state index is 13.4. The number of likely N-dealkylation sites (N-methyl/N-ethyl adjacent to an activating group) is 1. The predicted octanol–water partition coefficient (Wildman–Crippen LogP) is 3.51. The van der Waals surface area contributed by atoms with Gasteiger partial charge in [-0.15, -0.1) is 0 Å². The molecule has 5 rings (SSSR count). The van der Waals surface area contributed by atoms with E-state index in [1.807, 2.05) is 36.4 Å². The second-order valence-electron chi connectivity index (χ2n) is 9.85. The van der Waals surface area contributed by atoms with Crippen molar-refractivity contribution in [1.29, 1.82) is 0 Å². The van der Waals surface area contributed by atoms with Crippen molar-refractivity contribution in [1.82, 2.24) is 4.90 Å². The standard InChI is InChI=1S/C27H33NO4/c1-28-12-11-26-17-24(29)21(10-13-32-18-19-6-4-3-5-7-19)16-27(26,30)25(28)14-20-8-9-22(31-2)15-23(20)26/h3-9,15,21,25,30H,10-14,16-18H2,1-2H3/t21-,25+,26?,27+/m0/s1. The highest BCUT2D eigenvalue weighted by atomic mass is 16.5. The summed E-state index contributed by atoms with van der Waals surface area (Å²) in [7, 11) is 3.78. The summed E-state index contributed by atoms with van der Waals surface area (Å²) >= 11 is 0. The van der Waals surface area contributed by atoms with E-state index in [9.17, 15) is 9.90 Å². The fourth-order valence-corrected chi connectivity index (χ4v) is 6.48. The van der Waals surface area contributed by atoms with Gasteiger partial charge >= 0.3 is 0 Å². The summed E-state index contributed by atoms with van der Waals surface area (Å²) in [5.74, 6) is 0.892. The number of fused-ring (bicyclic) bond motifs is 1. The lowest BCUT2D eigenvalue weighted by Crippen LogP contribution is -2.73. The Balaban J connectivity index is 1.38. The highest BCUT2D eigenvalue weighted by molar-refractivity contribution is 5.85. The molecule has 1 saturated carbocycles. The monoisotopic (exact) mass is 435 g/mol. The fourth-order valence-electron chi connectivity index (χ4n) is 6.48. The molecule has 0 aromatic heterocycles. The van der Waals surface area contributed by atoms with Crippen molar-refractivity contribution in [2.45, 2.75) is 55.8 Å². The Morgan fingerprint density at radius 1 is 1.19 bits per heavy atom. The van der Waals surface area contributed by atoms with Gasteiger partial charge in [0.1, 0.15) is 11.5 Å². The average Bonchev–Trinajstić information content (AvgIpc) is 2.80. The zero-order valence-corrected chi connectivity index (χ0v) is 19.0. The lowest BCUT2D eigenvalue weighted by atomic mass is 9.48. The zero-order valence-electron chi connectivity index (χ0n) is 19.0. The van der Waals surface area contributed by atoms with Crippen molar-refractivity contribution in [2.24, 2.45) is 5.92 Å². The number of piperidine rings is 1. The third-order valence-electron chi connectivity index (χ3n) is 8.26. The molecule has 3 aliphatic rings. The van der Waals surface area contributed by atoms with Gasteiger partial charge in [-0.25, -0.2) is 0 Å². The van der Waals surface area contributed by atoms with Crippen molar-refractivity contribution in [3.8, 4) is 5.75 Å². The Labute approximate surface area is 190 Å². The number of benzene rings is 2. The molecule has 1 aliphatic heterocycles. The normalized spacial score (nSPS) is 31.7. The molecule has 0 amide bonds. The molecule has 1 heterocycles. The van der Waals surface area contributed by atoms with Crippen LogP contribution < -0.4 is 4.74 Å². The topological polar surface area (TPSA) is 59.0 Å². The van der Waals surface area contributed by atoms with E-state index in [2.05, 4.69) is 24.1 Å². The first-order valence-corrected chi connectivity index (χ1v) is 11.7. The van der Waals surface area contributed by atoms with Crippen LogP contribution in [0.5, 0.6) is 5.75 Å². The van der Waals surface area contributed by atoms with Crippen LogP contribution in [-0.2, 0) is 28.0 Å². The lowest BCUT2D eigenvalue weighted by Gasteiger charge is -2.63. The Morgan fingerprint density at radius 3 is 2.78 bits per heavy atom. The van der Waals surface area contributed by atoms with Gasteiger partial charge in [0.05, 0.1) is 19.3 Å². The zero-order chi connectivity index (χ0) is 22.3. The van der Waals surface area contributed by atoms with Crippen molar-refractivity contribution in [2.75, 3.05) is 27.3 Å². The molecular weight excluding hydrogens is 402 g/mol. The summed E-state index contributed by atoms with van der Waals surface area (Å²) in [5, 5.41) is 12.3. The van der Waals surface area contributed by atoms with Crippen LogP contribution in [0.4, 0.5) is 0 Å². The van der Waals surface area contributed by atoms with Crippen molar-refractivity contribution >= 4 is 5.78 Å². The summed E-state index contributed by atoms with van der Waals surface area (Å²) in [4.78, 5) is 15.7. The third-order valence-corrected chi connectivity index (χ3v) is 8.26. The molecule has 5 nitrogen and oxygen atoms in total. The van der Waals surface area contributed by atoms with E-state index in [1.54, 1.807) is 7.11 Å². The second kappa shape index (κ2) is 8.29. The van der Waals surface area contributed by atoms with Gasteiger partial charge in [0, 0.05) is 30.4 Å². The molecule has 1 unspecified atom stereocenters. The molecule has 2 fully saturated rings. The molecular formula is C27H33NO4. The van der Waals surface area contributed by atoms with Crippen LogP contribution in [0, 0.1) is 5.92 Å². The lowest BCUT2D eigenvalue weighted by molar-refractivity contribution is -0.179. The summed E-state index contributed by atoms with van der Waals surface area (Å²) in [6.45, 7) is 1.97. The van der Waals surface area contributed by atoms with Crippen molar-refractivity contribution in [3.05, 3.63) is 65.2 Å². The number of likely N-dealkylation sites (tertiary alicyclic amines) is 1. The number of hydrogen-bond donors (Lipinski definition) is 1. The Bertz CT molecular complexity index is 992. The van der Waals surface area contributed by atoms with Crippen molar-refractivity contribution < 1.29 is 19.4 Å².